The van der Waals surface area contributed by atoms with Gasteiger partial charge in [-0.15, -0.1) is 0 Å². The summed E-state index contributed by atoms with van der Waals surface area (Å²) in [6.07, 6.45) is 1.77. The van der Waals surface area contributed by atoms with Crippen LogP contribution in [-0.2, 0) is 17.6 Å². The zero-order chi connectivity index (χ0) is 12.5. The van der Waals surface area contributed by atoms with Crippen LogP contribution < -0.4 is 0 Å². The standard InChI is InChI=1S/C16H13FO/c17-16-7-2-1-5-15(16)14-6-3-4-11-10-12(18)8-9-13(11)14/h1-7H,8-10H2. The number of hydrogen-bond acceptors (Lipinski definition) is 1. The van der Waals surface area contributed by atoms with E-state index < -0.39 is 0 Å². The van der Waals surface area contributed by atoms with Gasteiger partial charge in [0.15, 0.2) is 0 Å². The van der Waals surface area contributed by atoms with Crippen molar-refractivity contribution in [3.8, 4) is 11.1 Å². The van der Waals surface area contributed by atoms with Crippen molar-refractivity contribution in [2.24, 2.45) is 0 Å². The van der Waals surface area contributed by atoms with Crippen molar-refractivity contribution in [3.63, 3.8) is 0 Å². The van der Waals surface area contributed by atoms with E-state index in [4.69, 9.17) is 0 Å². The zero-order valence-corrected chi connectivity index (χ0v) is 9.95. The van der Waals surface area contributed by atoms with E-state index in [1.165, 1.54) is 6.07 Å². The summed E-state index contributed by atoms with van der Waals surface area (Å²) in [7, 11) is 0. The summed E-state index contributed by atoms with van der Waals surface area (Å²) in [5, 5.41) is 0. The Bertz CT molecular complexity index is 616. The normalized spacial score (nSPS) is 14.4. The second-order valence-corrected chi connectivity index (χ2v) is 4.64. The lowest BCUT2D eigenvalue weighted by Crippen LogP contribution is -2.14. The second-order valence-electron chi connectivity index (χ2n) is 4.64. The molecule has 1 aliphatic carbocycles. The van der Waals surface area contributed by atoms with Gasteiger partial charge in [-0.1, -0.05) is 36.4 Å². The molecule has 1 aliphatic rings. The van der Waals surface area contributed by atoms with Crippen LogP contribution in [0.25, 0.3) is 11.1 Å². The molecule has 3 rings (SSSR count). The molecule has 2 heteroatoms. The Morgan fingerprint density at radius 3 is 2.50 bits per heavy atom. The molecule has 0 fully saturated rings. The second kappa shape index (κ2) is 4.37. The lowest BCUT2D eigenvalue weighted by atomic mass is 9.85. The maximum atomic E-state index is 13.9. The average molecular weight is 240 g/mol. The molecule has 0 heterocycles. The highest BCUT2D eigenvalue weighted by atomic mass is 19.1. The molecule has 2 aromatic carbocycles. The summed E-state index contributed by atoms with van der Waals surface area (Å²) in [4.78, 5) is 11.5. The lowest BCUT2D eigenvalue weighted by molar-refractivity contribution is -0.118. The van der Waals surface area contributed by atoms with Crippen LogP contribution in [0.2, 0.25) is 0 Å². The van der Waals surface area contributed by atoms with Gasteiger partial charge in [-0.3, -0.25) is 4.79 Å². The van der Waals surface area contributed by atoms with E-state index in [0.717, 1.165) is 23.1 Å². The molecule has 0 atom stereocenters. The highest BCUT2D eigenvalue weighted by Gasteiger charge is 2.19. The van der Waals surface area contributed by atoms with Crippen molar-refractivity contribution < 1.29 is 9.18 Å². The smallest absolute Gasteiger partial charge is 0.137 e. The molecule has 90 valence electrons. The fourth-order valence-corrected chi connectivity index (χ4v) is 2.59. The van der Waals surface area contributed by atoms with E-state index in [1.54, 1.807) is 12.1 Å². The number of rotatable bonds is 1. The molecule has 0 radical (unpaired) electrons. The highest BCUT2D eigenvalue weighted by Crippen LogP contribution is 2.31. The summed E-state index contributed by atoms with van der Waals surface area (Å²) in [5.74, 6) is 0.0657. The minimum Gasteiger partial charge on any atom is -0.299 e. The van der Waals surface area contributed by atoms with Gasteiger partial charge in [0.25, 0.3) is 0 Å². The van der Waals surface area contributed by atoms with E-state index in [2.05, 4.69) is 0 Å². The van der Waals surface area contributed by atoms with E-state index in [-0.39, 0.29) is 11.6 Å². The molecule has 2 aromatic rings. The fourth-order valence-electron chi connectivity index (χ4n) is 2.59. The predicted octanol–water partition coefficient (Wildman–Crippen LogP) is 3.55. The zero-order valence-electron chi connectivity index (χ0n) is 9.95. The van der Waals surface area contributed by atoms with Crippen molar-refractivity contribution in [1.82, 2.24) is 0 Å². The third kappa shape index (κ3) is 1.84. The largest absolute Gasteiger partial charge is 0.299 e. The molecule has 0 saturated carbocycles. The van der Waals surface area contributed by atoms with Gasteiger partial charge in [0, 0.05) is 18.4 Å². The third-order valence-corrected chi connectivity index (χ3v) is 3.48. The van der Waals surface area contributed by atoms with Crippen LogP contribution in [0.3, 0.4) is 0 Å². The number of fused-ring (bicyclic) bond motifs is 1. The number of Topliss-reactive ketones (excluding diaryl/α,β-unsaturated/α-hetero) is 1. The summed E-state index contributed by atoms with van der Waals surface area (Å²) in [5.41, 5.74) is 3.73. The highest BCUT2D eigenvalue weighted by molar-refractivity contribution is 5.85. The molecule has 0 aromatic heterocycles. The Kier molecular flexibility index (Phi) is 2.71. The first-order valence-electron chi connectivity index (χ1n) is 6.13. The van der Waals surface area contributed by atoms with Crippen LogP contribution in [0.15, 0.2) is 42.5 Å². The summed E-state index contributed by atoms with van der Waals surface area (Å²) >= 11 is 0. The van der Waals surface area contributed by atoms with Gasteiger partial charge in [-0.05, 0) is 29.2 Å². The molecule has 0 spiro atoms. The van der Waals surface area contributed by atoms with Crippen molar-refractivity contribution >= 4 is 5.78 Å². The predicted molar refractivity (Wildman–Crippen MR) is 68.9 cm³/mol. The molecule has 0 amide bonds. The van der Waals surface area contributed by atoms with Gasteiger partial charge in [0.1, 0.15) is 11.6 Å². The Hall–Kier alpha value is -1.96. The van der Waals surface area contributed by atoms with Crippen LogP contribution in [0.5, 0.6) is 0 Å². The van der Waals surface area contributed by atoms with Crippen LogP contribution in [-0.4, -0.2) is 5.78 Å². The molecule has 0 saturated heterocycles. The van der Waals surface area contributed by atoms with E-state index in [0.29, 0.717) is 18.4 Å². The number of halogens is 1. The number of hydrogen-bond donors (Lipinski definition) is 0. The molecule has 0 unspecified atom stereocenters. The molecular weight excluding hydrogens is 227 g/mol. The average Bonchev–Trinajstić information content (AvgIpc) is 2.38. The van der Waals surface area contributed by atoms with Crippen molar-refractivity contribution in [2.75, 3.05) is 0 Å². The molecule has 1 nitrogen and oxygen atoms in total. The summed E-state index contributed by atoms with van der Waals surface area (Å²) in [6.45, 7) is 0. The Balaban J connectivity index is 2.17. The molecule has 0 N–H and O–H groups in total. The first-order valence-corrected chi connectivity index (χ1v) is 6.13. The SMILES string of the molecule is O=C1CCc2c(cccc2-c2ccccc2F)C1. The number of ketones is 1. The van der Waals surface area contributed by atoms with E-state index >= 15 is 0 Å². The van der Waals surface area contributed by atoms with Crippen molar-refractivity contribution in [1.29, 1.82) is 0 Å². The molecule has 0 aliphatic heterocycles. The Morgan fingerprint density at radius 2 is 1.67 bits per heavy atom. The van der Waals surface area contributed by atoms with Crippen molar-refractivity contribution in [2.45, 2.75) is 19.3 Å². The number of carbonyl (C=O) groups excluding carboxylic acids is 1. The first-order chi connectivity index (χ1) is 8.75. The topological polar surface area (TPSA) is 17.1 Å². The maximum absolute atomic E-state index is 13.9. The number of benzene rings is 2. The summed E-state index contributed by atoms with van der Waals surface area (Å²) in [6, 6.07) is 12.6. The Morgan fingerprint density at radius 1 is 0.889 bits per heavy atom. The van der Waals surface area contributed by atoms with Gasteiger partial charge < -0.3 is 0 Å². The van der Waals surface area contributed by atoms with E-state index in [1.807, 2.05) is 24.3 Å². The Labute approximate surface area is 105 Å². The quantitative estimate of drug-likeness (QED) is 0.745. The molecule has 18 heavy (non-hydrogen) atoms. The van der Waals surface area contributed by atoms with Gasteiger partial charge in [0.05, 0.1) is 0 Å². The van der Waals surface area contributed by atoms with Crippen LogP contribution in [0.4, 0.5) is 4.39 Å². The van der Waals surface area contributed by atoms with Gasteiger partial charge in [-0.25, -0.2) is 4.39 Å². The van der Waals surface area contributed by atoms with Gasteiger partial charge in [0.2, 0.25) is 0 Å². The third-order valence-electron chi connectivity index (χ3n) is 3.48. The number of carbonyl (C=O) groups is 1. The molecular formula is C16H13FO. The van der Waals surface area contributed by atoms with Crippen LogP contribution in [0.1, 0.15) is 17.5 Å². The monoisotopic (exact) mass is 240 g/mol. The molecule has 0 bridgehead atoms. The first kappa shape index (κ1) is 11.1. The van der Waals surface area contributed by atoms with Crippen LogP contribution in [0, 0.1) is 5.82 Å². The fraction of sp³-hybridized carbons (Fsp3) is 0.188. The summed E-state index contributed by atoms with van der Waals surface area (Å²) < 4.78 is 13.9. The van der Waals surface area contributed by atoms with Gasteiger partial charge in [-0.2, -0.15) is 0 Å². The van der Waals surface area contributed by atoms with Crippen molar-refractivity contribution in [3.05, 3.63) is 59.4 Å². The van der Waals surface area contributed by atoms with Crippen LogP contribution >= 0.6 is 0 Å². The van der Waals surface area contributed by atoms with E-state index in [9.17, 15) is 9.18 Å². The maximum Gasteiger partial charge on any atom is 0.137 e. The lowest BCUT2D eigenvalue weighted by Gasteiger charge is -2.19. The minimum absolute atomic E-state index is 0.206. The van der Waals surface area contributed by atoms with Gasteiger partial charge >= 0.3 is 0 Å². The minimum atomic E-state index is -0.206.